The minimum Gasteiger partial charge on any atom is -0.495 e. The zero-order chi connectivity index (χ0) is 36.3. The van der Waals surface area contributed by atoms with Gasteiger partial charge in [-0.05, 0) is 51.1 Å². The molecule has 1 aromatic carbocycles. The molecular weight excluding hydrogens is 674 g/mol. The lowest BCUT2D eigenvalue weighted by atomic mass is 9.84. The number of rotatable bonds is 7. The maximum atomic E-state index is 14.0. The smallest absolute Gasteiger partial charge is 0.409 e. The number of aliphatic hydroxyl groups is 1. The van der Waals surface area contributed by atoms with Crippen molar-refractivity contribution in [3.8, 4) is 5.75 Å². The van der Waals surface area contributed by atoms with Crippen LogP contribution >= 0.6 is 23.4 Å². The van der Waals surface area contributed by atoms with E-state index >= 15 is 0 Å². The van der Waals surface area contributed by atoms with Crippen LogP contribution in [0, 0.1) is 5.92 Å². The van der Waals surface area contributed by atoms with Crippen LogP contribution in [-0.2, 0) is 35.0 Å². The lowest BCUT2D eigenvalue weighted by molar-refractivity contribution is -0.161. The van der Waals surface area contributed by atoms with Gasteiger partial charge in [0.2, 0.25) is 11.8 Å². The van der Waals surface area contributed by atoms with Gasteiger partial charge in [0.05, 0.1) is 25.3 Å². The average Bonchev–Trinajstić information content (AvgIpc) is 3.75. The summed E-state index contributed by atoms with van der Waals surface area (Å²) >= 11 is 8.25. The number of hydrogen-bond donors (Lipinski definition) is 2. The molecule has 2 fully saturated rings. The molecular formula is C35H48ClN3O9S. The van der Waals surface area contributed by atoms with Gasteiger partial charge < -0.3 is 33.9 Å². The number of thioether (sulfide) groups is 1. The summed E-state index contributed by atoms with van der Waals surface area (Å²) in [6, 6.07) is 2.69. The van der Waals surface area contributed by atoms with Gasteiger partial charge in [0.25, 0.3) is 0 Å². The molecule has 0 radical (unpaired) electrons. The second kappa shape index (κ2) is 15.7. The third-order valence-corrected chi connectivity index (χ3v) is 10.7. The molecule has 3 amide bonds. The number of likely N-dealkylation sites (N-methyl/N-ethyl adjacent to an activating group) is 1. The molecule has 12 nitrogen and oxygen atoms in total. The molecule has 7 atom stereocenters. The van der Waals surface area contributed by atoms with E-state index in [1.165, 1.54) is 28.7 Å². The van der Waals surface area contributed by atoms with E-state index in [4.69, 9.17) is 30.5 Å². The number of hydrogen-bond acceptors (Lipinski definition) is 10. The Kier molecular flexibility index (Phi) is 12.4. The maximum absolute atomic E-state index is 14.0. The van der Waals surface area contributed by atoms with Gasteiger partial charge in [0, 0.05) is 45.0 Å². The van der Waals surface area contributed by atoms with Gasteiger partial charge in [-0.2, -0.15) is 11.8 Å². The highest BCUT2D eigenvalue weighted by atomic mass is 35.5. The second-order valence-electron chi connectivity index (χ2n) is 13.3. The topological polar surface area (TPSA) is 147 Å². The standard InChI is InChI=1S/C35H48ClN3O9S/c1-20-11-9-10-13-35(44)19-26(46-33(43)37-35)21(2)31-34(4,48-31)27(47-32(42)22(3)38(5)28(40)12-14-49-8)18-29(41)39(6)24-16-23(15-20)17-25(45-7)30(24)36/h9-11,16-17,21-22,26-27,31,44H,12-15,18-19H2,1-8H3,(H,37,43)/b10-9+,20-11+/t21-,22+,26+,27+,31+,34+,35-/m1/s1. The van der Waals surface area contributed by atoms with E-state index < -0.39 is 59.6 Å². The van der Waals surface area contributed by atoms with Crippen molar-refractivity contribution >= 4 is 52.9 Å². The quantitative estimate of drug-likeness (QED) is 0.302. The Morgan fingerprint density at radius 3 is 2.69 bits per heavy atom. The fourth-order valence-electron chi connectivity index (χ4n) is 6.31. The predicted octanol–water partition coefficient (Wildman–Crippen LogP) is 4.64. The zero-order valence-corrected chi connectivity index (χ0v) is 31.0. The first-order chi connectivity index (χ1) is 23.0. The van der Waals surface area contributed by atoms with Crippen LogP contribution in [0.25, 0.3) is 0 Å². The van der Waals surface area contributed by atoms with Crippen LogP contribution in [0.15, 0.2) is 35.9 Å². The van der Waals surface area contributed by atoms with Crippen molar-refractivity contribution in [2.24, 2.45) is 5.92 Å². The molecule has 3 aliphatic heterocycles. The number of amides is 3. The van der Waals surface area contributed by atoms with E-state index in [-0.39, 0.29) is 36.6 Å². The van der Waals surface area contributed by atoms with Crippen molar-refractivity contribution in [2.75, 3.05) is 38.1 Å². The van der Waals surface area contributed by atoms with Crippen LogP contribution in [0.1, 0.15) is 58.9 Å². The third kappa shape index (κ3) is 8.92. The highest BCUT2D eigenvalue weighted by Gasteiger charge is 2.64. The van der Waals surface area contributed by atoms with Crippen LogP contribution in [0.3, 0.4) is 0 Å². The molecule has 3 heterocycles. The van der Waals surface area contributed by atoms with Crippen LogP contribution in [0.4, 0.5) is 10.5 Å². The number of epoxide rings is 1. The van der Waals surface area contributed by atoms with Crippen molar-refractivity contribution in [3.63, 3.8) is 0 Å². The maximum Gasteiger partial charge on any atom is 0.409 e. The molecule has 4 rings (SSSR count). The lowest BCUT2D eigenvalue weighted by Crippen LogP contribution is -2.57. The largest absolute Gasteiger partial charge is 0.495 e. The van der Waals surface area contributed by atoms with E-state index in [9.17, 15) is 24.3 Å². The highest BCUT2D eigenvalue weighted by Crippen LogP contribution is 2.49. The summed E-state index contributed by atoms with van der Waals surface area (Å²) in [4.78, 5) is 55.7. The van der Waals surface area contributed by atoms with E-state index in [2.05, 4.69) is 5.32 Å². The third-order valence-electron chi connectivity index (χ3n) is 9.67. The van der Waals surface area contributed by atoms with Gasteiger partial charge >= 0.3 is 12.1 Å². The number of benzene rings is 1. The number of methoxy groups -OCH3 is 1. The molecule has 2 saturated heterocycles. The zero-order valence-electron chi connectivity index (χ0n) is 29.4. The molecule has 0 aromatic heterocycles. The Morgan fingerprint density at radius 1 is 1.31 bits per heavy atom. The van der Waals surface area contributed by atoms with E-state index in [0.717, 1.165) is 11.1 Å². The lowest BCUT2D eigenvalue weighted by Gasteiger charge is -2.39. The first-order valence-corrected chi connectivity index (χ1v) is 18.1. The number of ether oxygens (including phenoxy) is 4. The fourth-order valence-corrected chi connectivity index (χ4v) is 7.00. The molecule has 0 saturated carbocycles. The number of halogens is 1. The summed E-state index contributed by atoms with van der Waals surface area (Å²) in [6.07, 6.45) is 4.93. The molecule has 3 aliphatic rings. The summed E-state index contributed by atoms with van der Waals surface area (Å²) in [6.45, 7) is 7.09. The van der Waals surface area contributed by atoms with Crippen LogP contribution in [-0.4, -0.2) is 103 Å². The van der Waals surface area contributed by atoms with Gasteiger partial charge in [-0.3, -0.25) is 14.9 Å². The number of alkyl carbamates (subject to hydrolysis) is 1. The van der Waals surface area contributed by atoms with Crippen molar-refractivity contribution in [1.29, 1.82) is 0 Å². The number of nitrogens with one attached hydrogen (secondary N) is 1. The monoisotopic (exact) mass is 721 g/mol. The summed E-state index contributed by atoms with van der Waals surface area (Å²) in [5, 5.41) is 14.2. The predicted molar refractivity (Wildman–Crippen MR) is 188 cm³/mol. The molecule has 270 valence electrons. The normalized spacial score (nSPS) is 31.2. The minimum atomic E-state index is -1.56. The molecule has 0 aliphatic carbocycles. The Hall–Kier alpha value is -3.26. The first-order valence-electron chi connectivity index (χ1n) is 16.3. The Bertz CT molecular complexity index is 1500. The van der Waals surface area contributed by atoms with Crippen LogP contribution in [0.2, 0.25) is 5.02 Å². The molecule has 4 bridgehead atoms. The van der Waals surface area contributed by atoms with Crippen LogP contribution in [0.5, 0.6) is 5.75 Å². The SMILES string of the molecule is COc1cc2cc(c1Cl)N(C)C(=O)C[C@H](OC(=O)[C@H](C)N(C)C(=O)CCSC)[C@]1(C)O[C@H]1[C@H](C)[C@@H]1C[C@](O)(C/C=C/C=C(\C)C2)NC(=O)O1. The summed E-state index contributed by atoms with van der Waals surface area (Å²) in [7, 11) is 4.63. The summed E-state index contributed by atoms with van der Waals surface area (Å²) in [5.41, 5.74) is -0.481. The van der Waals surface area contributed by atoms with Gasteiger partial charge in [0.15, 0.2) is 0 Å². The van der Waals surface area contributed by atoms with E-state index in [1.54, 1.807) is 34.0 Å². The minimum absolute atomic E-state index is 0.0825. The summed E-state index contributed by atoms with van der Waals surface area (Å²) in [5.74, 6) is -0.759. The Balaban J connectivity index is 1.72. The number of anilines is 1. The first kappa shape index (κ1) is 38.5. The summed E-state index contributed by atoms with van der Waals surface area (Å²) < 4.78 is 23.4. The van der Waals surface area contributed by atoms with Gasteiger partial charge in [-0.15, -0.1) is 0 Å². The number of allylic oxidation sites excluding steroid dienone is 3. The highest BCUT2D eigenvalue weighted by molar-refractivity contribution is 7.98. The fraction of sp³-hybridized carbons (Fsp3) is 0.600. The number of esters is 1. The van der Waals surface area contributed by atoms with Gasteiger partial charge in [0.1, 0.15) is 40.3 Å². The number of fused-ring (bicyclic) bond motifs is 5. The van der Waals surface area contributed by atoms with Crippen molar-refractivity contribution in [3.05, 3.63) is 46.5 Å². The van der Waals surface area contributed by atoms with Gasteiger partial charge in [-0.1, -0.05) is 42.3 Å². The molecule has 2 N–H and O–H groups in total. The Labute approximate surface area is 297 Å². The second-order valence-corrected chi connectivity index (χ2v) is 14.7. The molecule has 0 spiro atoms. The van der Waals surface area contributed by atoms with E-state index in [1.807, 2.05) is 44.4 Å². The van der Waals surface area contributed by atoms with Crippen LogP contribution < -0.4 is 15.0 Å². The number of carbonyl (C=O) groups is 4. The Morgan fingerprint density at radius 2 is 2.02 bits per heavy atom. The average molecular weight is 722 g/mol. The number of carbonyl (C=O) groups excluding carboxylic acids is 4. The van der Waals surface area contributed by atoms with Crippen molar-refractivity contribution in [2.45, 2.75) is 95.5 Å². The molecule has 1 aromatic rings. The molecule has 0 unspecified atom stereocenters. The van der Waals surface area contributed by atoms with E-state index in [0.29, 0.717) is 23.6 Å². The van der Waals surface area contributed by atoms with Crippen molar-refractivity contribution in [1.82, 2.24) is 10.2 Å². The van der Waals surface area contributed by atoms with Crippen molar-refractivity contribution < 1.29 is 43.2 Å². The van der Waals surface area contributed by atoms with Gasteiger partial charge in [-0.25, -0.2) is 9.59 Å². The molecule has 14 heteroatoms. The number of nitrogens with zero attached hydrogens (tertiary/aromatic N) is 2. The molecule has 49 heavy (non-hydrogen) atoms.